The number of carboxylic acid groups (broad SMARTS) is 1. The van der Waals surface area contributed by atoms with E-state index in [0.717, 1.165) is 0 Å². The molecule has 0 aromatic heterocycles. The van der Waals surface area contributed by atoms with Crippen molar-refractivity contribution in [3.05, 3.63) is 29.8 Å². The van der Waals surface area contributed by atoms with Gasteiger partial charge in [-0.1, -0.05) is 32.4 Å². The van der Waals surface area contributed by atoms with Gasteiger partial charge in [0, 0.05) is 6.42 Å². The van der Waals surface area contributed by atoms with Crippen LogP contribution in [0.1, 0.15) is 39.2 Å². The fraction of sp³-hybridized carbons (Fsp3) is 0.500. The van der Waals surface area contributed by atoms with E-state index in [0.29, 0.717) is 12.0 Å². The van der Waals surface area contributed by atoms with Crippen molar-refractivity contribution < 1.29 is 34.2 Å². The van der Waals surface area contributed by atoms with Gasteiger partial charge in [0.15, 0.2) is 0 Å². The van der Waals surface area contributed by atoms with E-state index in [1.54, 1.807) is 19.1 Å². The molecule has 0 saturated heterocycles. The molecule has 12 nitrogen and oxygen atoms in total. The summed E-state index contributed by atoms with van der Waals surface area (Å²) in [6.07, 6.45) is 0.0737. The molecule has 0 aliphatic heterocycles. The zero-order chi connectivity index (χ0) is 26.0. The minimum atomic E-state index is -1.55. The van der Waals surface area contributed by atoms with E-state index >= 15 is 0 Å². The molecule has 1 aromatic rings. The van der Waals surface area contributed by atoms with Crippen LogP contribution in [-0.2, 0) is 30.4 Å². The molecule has 0 heterocycles. The molecule has 1 rings (SSSR count). The lowest BCUT2D eigenvalue weighted by molar-refractivity contribution is -0.143. The van der Waals surface area contributed by atoms with E-state index in [1.807, 2.05) is 6.92 Å². The van der Waals surface area contributed by atoms with Gasteiger partial charge in [0.05, 0.1) is 12.5 Å². The minimum absolute atomic E-state index is 0.0295. The van der Waals surface area contributed by atoms with Crippen LogP contribution in [0.15, 0.2) is 24.3 Å². The van der Waals surface area contributed by atoms with Crippen LogP contribution in [0.5, 0.6) is 5.75 Å². The topological polar surface area (TPSA) is 214 Å². The van der Waals surface area contributed by atoms with Gasteiger partial charge < -0.3 is 37.6 Å². The number of primary amides is 1. The molecule has 5 unspecified atom stereocenters. The molecule has 0 saturated carbocycles. The highest BCUT2D eigenvalue weighted by molar-refractivity contribution is 5.94. The first-order valence-corrected chi connectivity index (χ1v) is 10.8. The zero-order valence-corrected chi connectivity index (χ0v) is 19.4. The van der Waals surface area contributed by atoms with Crippen LogP contribution < -0.4 is 27.4 Å². The smallest absolute Gasteiger partial charge is 0.326 e. The van der Waals surface area contributed by atoms with Crippen LogP contribution in [0.25, 0.3) is 0 Å². The van der Waals surface area contributed by atoms with Gasteiger partial charge in [0.25, 0.3) is 0 Å². The van der Waals surface area contributed by atoms with Gasteiger partial charge in [-0.3, -0.25) is 19.2 Å². The molecule has 9 N–H and O–H groups in total. The van der Waals surface area contributed by atoms with E-state index in [-0.39, 0.29) is 18.1 Å². The molecule has 12 heteroatoms. The highest BCUT2D eigenvalue weighted by Gasteiger charge is 2.30. The van der Waals surface area contributed by atoms with Crippen LogP contribution in [0, 0.1) is 5.92 Å². The second kappa shape index (κ2) is 13.1. The van der Waals surface area contributed by atoms with E-state index in [4.69, 9.17) is 16.6 Å². The fourth-order valence-corrected chi connectivity index (χ4v) is 2.93. The van der Waals surface area contributed by atoms with Crippen molar-refractivity contribution in [2.75, 3.05) is 0 Å². The molecular weight excluding hydrogens is 446 g/mol. The number of phenols is 1. The summed E-state index contributed by atoms with van der Waals surface area (Å²) in [7, 11) is 0. The van der Waals surface area contributed by atoms with Crippen LogP contribution in [0.4, 0.5) is 0 Å². The SMILES string of the molecule is CCC(C)C(N)C(=O)NC(Cc1ccc(O)cc1)C(=O)NC(C)C(=O)NC(CC(N)=O)C(=O)O. The second-order valence-electron chi connectivity index (χ2n) is 8.14. The van der Waals surface area contributed by atoms with Crippen LogP contribution in [0.3, 0.4) is 0 Å². The third kappa shape index (κ3) is 9.06. The van der Waals surface area contributed by atoms with E-state index < -0.39 is 60.2 Å². The predicted octanol–water partition coefficient (Wildman–Crippen LogP) is -1.26. The Balaban J connectivity index is 2.97. The van der Waals surface area contributed by atoms with Crippen LogP contribution >= 0.6 is 0 Å². The van der Waals surface area contributed by atoms with Crippen molar-refractivity contribution in [3.8, 4) is 5.75 Å². The van der Waals surface area contributed by atoms with Crippen LogP contribution in [-0.4, -0.2) is 64.0 Å². The van der Waals surface area contributed by atoms with Gasteiger partial charge in [-0.15, -0.1) is 0 Å². The molecule has 1 aromatic carbocycles. The molecular formula is C22H33N5O7. The summed E-state index contributed by atoms with van der Waals surface area (Å²) in [5, 5.41) is 25.8. The molecule has 5 atom stereocenters. The number of aromatic hydroxyl groups is 1. The number of rotatable bonds is 13. The highest BCUT2D eigenvalue weighted by atomic mass is 16.4. The first kappa shape index (κ1) is 28.4. The first-order chi connectivity index (χ1) is 15.8. The Kier molecular flexibility index (Phi) is 11.0. The third-order valence-electron chi connectivity index (χ3n) is 5.34. The van der Waals surface area contributed by atoms with Crippen molar-refractivity contribution in [2.24, 2.45) is 17.4 Å². The Bertz CT molecular complexity index is 890. The van der Waals surface area contributed by atoms with Crippen molar-refractivity contribution in [1.29, 1.82) is 0 Å². The first-order valence-electron chi connectivity index (χ1n) is 10.8. The number of aliphatic carboxylic acids is 1. The molecule has 0 radical (unpaired) electrons. The molecule has 0 bridgehead atoms. The highest BCUT2D eigenvalue weighted by Crippen LogP contribution is 2.12. The molecule has 188 valence electrons. The third-order valence-corrected chi connectivity index (χ3v) is 5.34. The van der Waals surface area contributed by atoms with Crippen molar-refractivity contribution >= 4 is 29.6 Å². The molecule has 0 fully saturated rings. The summed E-state index contributed by atoms with van der Waals surface area (Å²) in [5.74, 6) is -4.59. The lowest BCUT2D eigenvalue weighted by Crippen LogP contribution is -2.57. The van der Waals surface area contributed by atoms with E-state index in [1.165, 1.54) is 19.1 Å². The van der Waals surface area contributed by atoms with Gasteiger partial charge in [0.2, 0.25) is 23.6 Å². The maximum absolute atomic E-state index is 12.9. The molecule has 0 aliphatic rings. The number of carbonyl (C=O) groups is 5. The summed E-state index contributed by atoms with van der Waals surface area (Å²) in [6.45, 7) is 5.00. The Hall–Kier alpha value is -3.67. The normalized spacial score (nSPS) is 15.2. The number of carbonyl (C=O) groups excluding carboxylic acids is 4. The maximum atomic E-state index is 12.9. The van der Waals surface area contributed by atoms with Crippen molar-refractivity contribution in [3.63, 3.8) is 0 Å². The summed E-state index contributed by atoms with van der Waals surface area (Å²) < 4.78 is 0. The molecule has 4 amide bonds. The van der Waals surface area contributed by atoms with Crippen molar-refractivity contribution in [2.45, 2.75) is 64.2 Å². The van der Waals surface area contributed by atoms with Gasteiger partial charge >= 0.3 is 5.97 Å². The largest absolute Gasteiger partial charge is 0.508 e. The number of phenolic OH excluding ortho intramolecular Hbond substituents is 1. The Labute approximate surface area is 197 Å². The quantitative estimate of drug-likeness (QED) is 0.181. The number of benzene rings is 1. The molecule has 34 heavy (non-hydrogen) atoms. The number of amides is 4. The maximum Gasteiger partial charge on any atom is 0.326 e. The Morgan fingerprint density at radius 1 is 0.912 bits per heavy atom. The second-order valence-corrected chi connectivity index (χ2v) is 8.14. The van der Waals surface area contributed by atoms with Gasteiger partial charge in [-0.25, -0.2) is 4.79 Å². The monoisotopic (exact) mass is 479 g/mol. The average Bonchev–Trinajstić information content (AvgIpc) is 2.77. The minimum Gasteiger partial charge on any atom is -0.508 e. The van der Waals surface area contributed by atoms with Gasteiger partial charge in [-0.2, -0.15) is 0 Å². The van der Waals surface area contributed by atoms with Gasteiger partial charge in [0.1, 0.15) is 23.9 Å². The number of nitrogens with two attached hydrogens (primary N) is 2. The fourth-order valence-electron chi connectivity index (χ4n) is 2.93. The molecule has 0 spiro atoms. The number of hydrogen-bond donors (Lipinski definition) is 7. The van der Waals surface area contributed by atoms with Crippen LogP contribution in [0.2, 0.25) is 0 Å². The molecule has 0 aliphatic carbocycles. The zero-order valence-electron chi connectivity index (χ0n) is 19.4. The summed E-state index contributed by atoms with van der Waals surface area (Å²) in [6, 6.07) is 1.31. The van der Waals surface area contributed by atoms with Crippen molar-refractivity contribution in [1.82, 2.24) is 16.0 Å². The standard InChI is InChI=1S/C22H33N5O7/c1-4-11(2)18(24)21(32)26-15(9-13-5-7-14(28)8-6-13)20(31)25-12(3)19(30)27-16(22(33)34)10-17(23)29/h5-8,11-12,15-16,18,28H,4,9-10,24H2,1-3H3,(H2,23,29)(H,25,31)(H,26,32)(H,27,30)(H,33,34). The summed E-state index contributed by atoms with van der Waals surface area (Å²) in [5.41, 5.74) is 11.6. The average molecular weight is 480 g/mol. The van der Waals surface area contributed by atoms with E-state index in [9.17, 15) is 29.1 Å². The number of nitrogens with one attached hydrogen (secondary N) is 3. The lowest BCUT2D eigenvalue weighted by Gasteiger charge is -2.25. The Morgan fingerprint density at radius 2 is 1.47 bits per heavy atom. The summed E-state index contributed by atoms with van der Waals surface area (Å²) in [4.78, 5) is 60.2. The number of carboxylic acids is 1. The predicted molar refractivity (Wildman–Crippen MR) is 122 cm³/mol. The lowest BCUT2D eigenvalue weighted by atomic mass is 9.98. The van der Waals surface area contributed by atoms with Gasteiger partial charge in [-0.05, 0) is 30.5 Å². The number of hydrogen-bond acceptors (Lipinski definition) is 7. The summed E-state index contributed by atoms with van der Waals surface area (Å²) >= 11 is 0. The van der Waals surface area contributed by atoms with E-state index in [2.05, 4.69) is 16.0 Å². The Morgan fingerprint density at radius 3 is 1.97 bits per heavy atom.